The Balaban J connectivity index is 1.77. The van der Waals surface area contributed by atoms with Crippen LogP contribution >= 0.6 is 0 Å². The van der Waals surface area contributed by atoms with Crippen molar-refractivity contribution in [2.75, 3.05) is 25.6 Å². The highest BCUT2D eigenvalue weighted by molar-refractivity contribution is 5.51. The lowest BCUT2D eigenvalue weighted by molar-refractivity contribution is -0.242. The average molecular weight is 319 g/mol. The van der Waals surface area contributed by atoms with Crippen LogP contribution in [0.3, 0.4) is 0 Å². The number of nitrogen functional groups attached to an aromatic ring is 1. The third kappa shape index (κ3) is 3.20. The Morgan fingerprint density at radius 3 is 2.17 bits per heavy atom. The summed E-state index contributed by atoms with van der Waals surface area (Å²) in [5.74, 6) is 0.760. The molecule has 0 atom stereocenters. The van der Waals surface area contributed by atoms with Gasteiger partial charge in [0.1, 0.15) is 5.75 Å². The molecule has 1 aromatic carbocycles. The first-order valence-corrected chi connectivity index (χ1v) is 8.49. The molecule has 0 bridgehead atoms. The molecule has 1 aliphatic carbocycles. The number of benzene rings is 1. The van der Waals surface area contributed by atoms with E-state index >= 15 is 0 Å². The molecule has 128 valence electrons. The number of para-hydroxylation sites is 2. The van der Waals surface area contributed by atoms with E-state index in [1.807, 2.05) is 24.3 Å². The number of anilines is 1. The summed E-state index contributed by atoms with van der Waals surface area (Å²) in [6.07, 6.45) is 1.81. The summed E-state index contributed by atoms with van der Waals surface area (Å²) in [6, 6.07) is 7.69. The molecule has 0 radical (unpaired) electrons. The maximum absolute atomic E-state index is 6.09. The molecular formula is C19H29NO3. The first kappa shape index (κ1) is 16.6. The van der Waals surface area contributed by atoms with Crippen molar-refractivity contribution in [3.8, 4) is 5.75 Å². The van der Waals surface area contributed by atoms with Gasteiger partial charge in [0.05, 0.1) is 25.5 Å². The summed E-state index contributed by atoms with van der Waals surface area (Å²) in [4.78, 5) is 0. The van der Waals surface area contributed by atoms with Crippen molar-refractivity contribution in [1.82, 2.24) is 0 Å². The van der Waals surface area contributed by atoms with Crippen molar-refractivity contribution >= 4 is 5.69 Å². The van der Waals surface area contributed by atoms with Gasteiger partial charge in [-0.3, -0.25) is 0 Å². The Labute approximate surface area is 139 Å². The van der Waals surface area contributed by atoms with Crippen LogP contribution in [0.2, 0.25) is 0 Å². The predicted molar refractivity (Wildman–Crippen MR) is 91.3 cm³/mol. The lowest BCUT2D eigenvalue weighted by Gasteiger charge is -2.54. The second kappa shape index (κ2) is 5.67. The van der Waals surface area contributed by atoms with Crippen LogP contribution in [0.15, 0.2) is 24.3 Å². The molecule has 1 saturated carbocycles. The molecule has 1 aromatic rings. The quantitative estimate of drug-likeness (QED) is 0.860. The van der Waals surface area contributed by atoms with Crippen LogP contribution in [-0.4, -0.2) is 25.6 Å². The zero-order valence-corrected chi connectivity index (χ0v) is 14.7. The molecule has 2 fully saturated rings. The Morgan fingerprint density at radius 2 is 1.61 bits per heavy atom. The molecule has 1 aliphatic heterocycles. The third-order valence-corrected chi connectivity index (χ3v) is 5.47. The Morgan fingerprint density at radius 1 is 1.04 bits per heavy atom. The van der Waals surface area contributed by atoms with Crippen LogP contribution < -0.4 is 10.5 Å². The number of nitrogens with two attached hydrogens (primary N) is 1. The Kier molecular flexibility index (Phi) is 4.09. The van der Waals surface area contributed by atoms with Crippen molar-refractivity contribution < 1.29 is 14.2 Å². The van der Waals surface area contributed by atoms with Crippen LogP contribution in [0.25, 0.3) is 0 Å². The van der Waals surface area contributed by atoms with Crippen molar-refractivity contribution in [3.63, 3.8) is 0 Å². The van der Waals surface area contributed by atoms with E-state index in [4.69, 9.17) is 19.9 Å². The molecular weight excluding hydrogens is 290 g/mol. The predicted octanol–water partition coefficient (Wildman–Crippen LogP) is 3.85. The Hall–Kier alpha value is -1.26. The molecule has 1 saturated heterocycles. The lowest BCUT2D eigenvalue weighted by Crippen LogP contribution is -2.54. The lowest BCUT2D eigenvalue weighted by atomic mass is 9.55. The van der Waals surface area contributed by atoms with Gasteiger partial charge in [-0.1, -0.05) is 39.8 Å². The summed E-state index contributed by atoms with van der Waals surface area (Å²) >= 11 is 0. The summed E-state index contributed by atoms with van der Waals surface area (Å²) in [5.41, 5.74) is 6.82. The Bertz CT molecular complexity index is 541. The van der Waals surface area contributed by atoms with Gasteiger partial charge >= 0.3 is 0 Å². The smallest absolute Gasteiger partial charge is 0.169 e. The van der Waals surface area contributed by atoms with Crippen LogP contribution in [0, 0.1) is 16.7 Å². The monoisotopic (exact) mass is 319 g/mol. The number of rotatable bonds is 3. The molecule has 0 unspecified atom stereocenters. The minimum absolute atomic E-state index is 0.0651. The first-order chi connectivity index (χ1) is 10.7. The van der Waals surface area contributed by atoms with Gasteiger partial charge in [0.15, 0.2) is 5.79 Å². The average Bonchev–Trinajstić information content (AvgIpc) is 2.85. The topological polar surface area (TPSA) is 53.7 Å². The van der Waals surface area contributed by atoms with Gasteiger partial charge < -0.3 is 19.9 Å². The zero-order chi connectivity index (χ0) is 16.7. The van der Waals surface area contributed by atoms with Gasteiger partial charge in [0.2, 0.25) is 0 Å². The van der Waals surface area contributed by atoms with Crippen LogP contribution in [0.4, 0.5) is 5.69 Å². The molecule has 2 N–H and O–H groups in total. The molecule has 3 rings (SSSR count). The van der Waals surface area contributed by atoms with E-state index in [1.165, 1.54) is 0 Å². The fourth-order valence-corrected chi connectivity index (χ4v) is 4.69. The highest BCUT2D eigenvalue weighted by atomic mass is 16.7. The van der Waals surface area contributed by atoms with Crippen LogP contribution in [0.1, 0.15) is 40.5 Å². The molecule has 4 nitrogen and oxygen atoms in total. The fourth-order valence-electron chi connectivity index (χ4n) is 4.69. The van der Waals surface area contributed by atoms with E-state index in [9.17, 15) is 0 Å². The van der Waals surface area contributed by atoms with Gasteiger partial charge in [-0.05, 0) is 23.0 Å². The largest absolute Gasteiger partial charge is 0.491 e. The zero-order valence-electron chi connectivity index (χ0n) is 14.7. The van der Waals surface area contributed by atoms with Crippen molar-refractivity contribution in [2.24, 2.45) is 16.7 Å². The van der Waals surface area contributed by atoms with Crippen molar-refractivity contribution in [3.05, 3.63) is 24.3 Å². The second-order valence-electron chi connectivity index (χ2n) is 8.34. The fraction of sp³-hybridized carbons (Fsp3) is 0.684. The van der Waals surface area contributed by atoms with Crippen molar-refractivity contribution in [2.45, 2.75) is 46.3 Å². The van der Waals surface area contributed by atoms with E-state index in [2.05, 4.69) is 27.7 Å². The van der Waals surface area contributed by atoms with Gasteiger partial charge in [-0.15, -0.1) is 0 Å². The summed E-state index contributed by atoms with van der Waals surface area (Å²) in [5, 5.41) is 0. The normalized spacial score (nSPS) is 25.6. The second-order valence-corrected chi connectivity index (χ2v) is 8.34. The highest BCUT2D eigenvalue weighted by Crippen LogP contribution is 2.56. The van der Waals surface area contributed by atoms with Crippen LogP contribution in [-0.2, 0) is 9.47 Å². The highest BCUT2D eigenvalue weighted by Gasteiger charge is 2.56. The van der Waals surface area contributed by atoms with Gasteiger partial charge in [-0.25, -0.2) is 0 Å². The number of ether oxygens (including phenoxy) is 3. The van der Waals surface area contributed by atoms with E-state index in [-0.39, 0.29) is 10.8 Å². The summed E-state index contributed by atoms with van der Waals surface area (Å²) in [7, 11) is 0. The first-order valence-electron chi connectivity index (χ1n) is 8.49. The van der Waals surface area contributed by atoms with Crippen LogP contribution in [0.5, 0.6) is 5.75 Å². The SMILES string of the molecule is CC1(C)CC2(CC(C)(C)C1COc1ccccc1N)OCCO2. The summed E-state index contributed by atoms with van der Waals surface area (Å²) in [6.45, 7) is 11.2. The molecule has 1 heterocycles. The molecule has 4 heteroatoms. The summed E-state index contributed by atoms with van der Waals surface area (Å²) < 4.78 is 18.1. The number of hydrogen-bond acceptors (Lipinski definition) is 4. The van der Waals surface area contributed by atoms with E-state index in [1.54, 1.807) is 0 Å². The molecule has 0 amide bonds. The van der Waals surface area contributed by atoms with Gasteiger partial charge in [-0.2, -0.15) is 0 Å². The molecule has 1 spiro atoms. The van der Waals surface area contributed by atoms with Gasteiger partial charge in [0.25, 0.3) is 0 Å². The molecule has 2 aliphatic rings. The molecule has 23 heavy (non-hydrogen) atoms. The third-order valence-electron chi connectivity index (χ3n) is 5.47. The maximum atomic E-state index is 6.09. The minimum atomic E-state index is -0.407. The minimum Gasteiger partial charge on any atom is -0.491 e. The van der Waals surface area contributed by atoms with E-state index in [0.717, 1.165) is 18.6 Å². The van der Waals surface area contributed by atoms with Crippen molar-refractivity contribution in [1.29, 1.82) is 0 Å². The number of hydrogen-bond donors (Lipinski definition) is 1. The van der Waals surface area contributed by atoms with E-state index in [0.29, 0.717) is 31.4 Å². The maximum Gasteiger partial charge on any atom is 0.169 e. The van der Waals surface area contributed by atoms with E-state index < -0.39 is 5.79 Å². The van der Waals surface area contributed by atoms with Gasteiger partial charge in [0, 0.05) is 18.8 Å². The standard InChI is InChI=1S/C19H29NO3/c1-17(2)12-19(22-9-10-23-19)13-18(3,4)16(17)11-21-15-8-6-5-7-14(15)20/h5-8,16H,9-13,20H2,1-4H3. The molecule has 0 aromatic heterocycles.